The van der Waals surface area contributed by atoms with Crippen molar-refractivity contribution in [2.45, 2.75) is 24.5 Å². The van der Waals surface area contributed by atoms with Gasteiger partial charge in [0.25, 0.3) is 25.8 Å². The molecule has 1 aliphatic rings. The highest BCUT2D eigenvalue weighted by atomic mass is 32.2. The summed E-state index contributed by atoms with van der Waals surface area (Å²) in [7, 11) is -7.91. The van der Waals surface area contributed by atoms with E-state index < -0.39 is 62.6 Å². The smallest absolute Gasteiger partial charge is 0.330 e. The summed E-state index contributed by atoms with van der Waals surface area (Å²) >= 11 is 0. The van der Waals surface area contributed by atoms with Gasteiger partial charge in [-0.05, 0) is 0 Å². The van der Waals surface area contributed by atoms with Gasteiger partial charge in [-0.25, -0.2) is 4.79 Å². The van der Waals surface area contributed by atoms with Gasteiger partial charge in [0.05, 0.1) is 19.1 Å². The van der Waals surface area contributed by atoms with Crippen molar-refractivity contribution in [2.24, 2.45) is 0 Å². The molecule has 0 bridgehead atoms. The maximum Gasteiger partial charge on any atom is 0.330 e. The highest BCUT2D eigenvalue weighted by Crippen LogP contribution is 2.31. The van der Waals surface area contributed by atoms with Crippen molar-refractivity contribution in [3.8, 4) is 0 Å². The van der Waals surface area contributed by atoms with Crippen LogP contribution in [0.5, 0.6) is 0 Å². The van der Waals surface area contributed by atoms with Gasteiger partial charge in [0, 0.05) is 12.3 Å². The number of nitrogens with one attached hydrogen (secondary N) is 1. The summed E-state index contributed by atoms with van der Waals surface area (Å²) in [5.41, 5.74) is -1.60. The number of aliphatic hydroxyl groups excluding tert-OH is 1. The molecular formula is C11H16N2O10S2. The van der Waals surface area contributed by atoms with E-state index in [0.29, 0.717) is 0 Å². The van der Waals surface area contributed by atoms with Crippen molar-refractivity contribution in [1.29, 1.82) is 0 Å². The second kappa shape index (κ2) is 6.97. The molecule has 14 heteroatoms. The normalized spacial score (nSPS) is 27.5. The molecule has 1 fully saturated rings. The number of aliphatic hydroxyl groups is 1. The van der Waals surface area contributed by atoms with Crippen LogP contribution in [0.1, 0.15) is 6.23 Å². The molecule has 0 unspecified atom stereocenters. The fourth-order valence-electron chi connectivity index (χ4n) is 2.22. The Balaban J connectivity index is 2.34. The first-order chi connectivity index (χ1) is 11.4. The number of hydrogen-bond acceptors (Lipinski definition) is 10. The average molecular weight is 400 g/mol. The van der Waals surface area contributed by atoms with Crippen molar-refractivity contribution < 1.29 is 35.0 Å². The molecule has 2 heterocycles. The average Bonchev–Trinajstić information content (AvgIpc) is 2.72. The third-order valence-electron chi connectivity index (χ3n) is 3.17. The number of aromatic nitrogens is 2. The molecule has 0 aliphatic carbocycles. The first-order valence-corrected chi connectivity index (χ1v) is 10.4. The molecule has 0 amide bonds. The van der Waals surface area contributed by atoms with E-state index in [2.05, 4.69) is 4.18 Å². The van der Waals surface area contributed by atoms with E-state index in [9.17, 15) is 31.5 Å². The molecule has 1 aromatic rings. The number of hydrogen-bond donors (Lipinski definition) is 2. The number of rotatable bonds is 6. The highest BCUT2D eigenvalue weighted by molar-refractivity contribution is 7.86. The van der Waals surface area contributed by atoms with E-state index in [-0.39, 0.29) is 0 Å². The molecule has 0 spiro atoms. The third-order valence-corrected chi connectivity index (χ3v) is 4.30. The van der Waals surface area contributed by atoms with Gasteiger partial charge < -0.3 is 9.84 Å². The van der Waals surface area contributed by atoms with E-state index in [1.807, 2.05) is 4.98 Å². The zero-order chi connectivity index (χ0) is 19.0. The van der Waals surface area contributed by atoms with Gasteiger partial charge >= 0.3 is 5.69 Å². The highest BCUT2D eigenvalue weighted by Gasteiger charge is 2.48. The fraction of sp³-hybridized carbons (Fsp3) is 0.636. The first kappa shape index (κ1) is 19.7. The summed E-state index contributed by atoms with van der Waals surface area (Å²) in [4.78, 5) is 24.9. The molecule has 1 saturated heterocycles. The van der Waals surface area contributed by atoms with Gasteiger partial charge in [-0.2, -0.15) is 16.8 Å². The first-order valence-electron chi connectivity index (χ1n) is 6.75. The summed E-state index contributed by atoms with van der Waals surface area (Å²) < 4.78 is 60.4. The summed E-state index contributed by atoms with van der Waals surface area (Å²) in [6.45, 7) is -0.648. The lowest BCUT2D eigenvalue weighted by Gasteiger charge is -2.19. The number of aromatic amines is 1. The Bertz CT molecular complexity index is 948. The Labute approximate surface area is 142 Å². The summed E-state index contributed by atoms with van der Waals surface area (Å²) in [5, 5.41) is 10.3. The van der Waals surface area contributed by atoms with Crippen LogP contribution in [0.4, 0.5) is 0 Å². The number of ether oxygens (including phenoxy) is 1. The van der Waals surface area contributed by atoms with E-state index in [1.165, 1.54) is 0 Å². The minimum Gasteiger partial charge on any atom is -0.386 e. The van der Waals surface area contributed by atoms with E-state index in [1.54, 1.807) is 0 Å². The van der Waals surface area contributed by atoms with E-state index in [0.717, 1.165) is 29.3 Å². The van der Waals surface area contributed by atoms with Crippen LogP contribution in [0.15, 0.2) is 21.9 Å². The fourth-order valence-corrected chi connectivity index (χ4v) is 3.25. The molecule has 12 nitrogen and oxygen atoms in total. The topological polar surface area (TPSA) is 171 Å². The van der Waals surface area contributed by atoms with Crippen molar-refractivity contribution in [1.82, 2.24) is 9.55 Å². The maximum absolute atomic E-state index is 11.8. The second-order valence-electron chi connectivity index (χ2n) is 5.33. The van der Waals surface area contributed by atoms with Gasteiger partial charge in [-0.3, -0.25) is 22.7 Å². The van der Waals surface area contributed by atoms with Gasteiger partial charge in [0.1, 0.15) is 18.3 Å². The molecular weight excluding hydrogens is 384 g/mol. The quantitative estimate of drug-likeness (QED) is 0.472. The Morgan fingerprint density at radius 1 is 1.24 bits per heavy atom. The van der Waals surface area contributed by atoms with Crippen molar-refractivity contribution >= 4 is 20.2 Å². The molecule has 1 aliphatic heterocycles. The Morgan fingerprint density at radius 3 is 2.40 bits per heavy atom. The molecule has 1 aromatic heterocycles. The van der Waals surface area contributed by atoms with Gasteiger partial charge in [-0.15, -0.1) is 0 Å². The third kappa shape index (κ3) is 5.20. The van der Waals surface area contributed by atoms with Crippen LogP contribution in [0.2, 0.25) is 0 Å². The zero-order valence-electron chi connectivity index (χ0n) is 13.1. The zero-order valence-corrected chi connectivity index (χ0v) is 14.7. The summed E-state index contributed by atoms with van der Waals surface area (Å²) in [6, 6.07) is 0.990. The van der Waals surface area contributed by atoms with Gasteiger partial charge in [-0.1, -0.05) is 0 Å². The lowest BCUT2D eigenvalue weighted by molar-refractivity contribution is -0.0504. The monoisotopic (exact) mass is 400 g/mol. The number of H-pyrrole nitrogens is 1. The predicted molar refractivity (Wildman–Crippen MR) is 81.8 cm³/mol. The van der Waals surface area contributed by atoms with Gasteiger partial charge in [0.15, 0.2) is 6.23 Å². The largest absolute Gasteiger partial charge is 0.386 e. The SMILES string of the molecule is CS(=O)(=O)OC[C@H]1O[C@@H](n2ccc(=O)[nH]c2=O)[C@@H](O)[C@@H]1OS(C)(=O)=O. The summed E-state index contributed by atoms with van der Waals surface area (Å²) in [6.07, 6.45) is -3.39. The summed E-state index contributed by atoms with van der Waals surface area (Å²) in [5.74, 6) is 0. The maximum atomic E-state index is 11.8. The lowest BCUT2D eigenvalue weighted by Crippen LogP contribution is -2.40. The predicted octanol–water partition coefficient (Wildman–Crippen LogP) is -2.88. The molecule has 25 heavy (non-hydrogen) atoms. The van der Waals surface area contributed by atoms with Crippen LogP contribution in [0.25, 0.3) is 0 Å². The Kier molecular flexibility index (Phi) is 5.50. The Morgan fingerprint density at radius 2 is 1.88 bits per heavy atom. The molecule has 142 valence electrons. The van der Waals surface area contributed by atoms with Crippen LogP contribution in [0, 0.1) is 0 Å². The van der Waals surface area contributed by atoms with Crippen molar-refractivity contribution in [3.05, 3.63) is 33.1 Å². The van der Waals surface area contributed by atoms with Crippen LogP contribution >= 0.6 is 0 Å². The lowest BCUT2D eigenvalue weighted by atomic mass is 10.1. The molecule has 4 atom stereocenters. The van der Waals surface area contributed by atoms with Crippen molar-refractivity contribution in [3.63, 3.8) is 0 Å². The molecule has 2 N–H and O–H groups in total. The van der Waals surface area contributed by atoms with Crippen LogP contribution in [-0.2, 0) is 33.3 Å². The van der Waals surface area contributed by atoms with Crippen LogP contribution < -0.4 is 11.2 Å². The second-order valence-corrected chi connectivity index (χ2v) is 8.57. The standard InChI is InChI=1S/C11H16N2O10S2/c1-24(17,18)21-5-6-9(23-25(2,19)20)8(15)10(22-6)13-4-3-7(14)12-11(13)16/h3-4,6,8-10,15H,5H2,1-2H3,(H,12,14,16)/t6-,8+,9-,10-/m1/s1. The van der Waals surface area contributed by atoms with Crippen molar-refractivity contribution in [2.75, 3.05) is 19.1 Å². The Hall–Kier alpha value is -1.58. The van der Waals surface area contributed by atoms with Crippen LogP contribution in [0.3, 0.4) is 0 Å². The number of nitrogens with zero attached hydrogens (tertiary/aromatic N) is 1. The van der Waals surface area contributed by atoms with E-state index in [4.69, 9.17) is 8.92 Å². The minimum absolute atomic E-state index is 0.648. The molecule has 2 rings (SSSR count). The molecule has 0 aromatic carbocycles. The van der Waals surface area contributed by atoms with Crippen LogP contribution in [-0.4, -0.2) is 68.9 Å². The van der Waals surface area contributed by atoms with E-state index >= 15 is 0 Å². The molecule has 0 saturated carbocycles. The van der Waals surface area contributed by atoms with Gasteiger partial charge in [0.2, 0.25) is 0 Å². The minimum atomic E-state index is -4.04. The molecule has 0 radical (unpaired) electrons.